The van der Waals surface area contributed by atoms with E-state index in [1.807, 2.05) is 63.3 Å². The average molecular weight is 247 g/mol. The quantitative estimate of drug-likeness (QED) is 0.817. The third kappa shape index (κ3) is 5.53. The molecule has 1 aromatic rings. The summed E-state index contributed by atoms with van der Waals surface area (Å²) in [5.41, 5.74) is 0.671. The molecule has 0 atom stereocenters. The van der Waals surface area contributed by atoms with Crippen LogP contribution in [-0.4, -0.2) is 30.2 Å². The normalized spacial score (nSPS) is 11.6. The Morgan fingerprint density at radius 2 is 1.89 bits per heavy atom. The van der Waals surface area contributed by atoms with Crippen LogP contribution in [0.15, 0.2) is 36.4 Å². The highest BCUT2D eigenvalue weighted by Gasteiger charge is 2.18. The van der Waals surface area contributed by atoms with E-state index < -0.39 is 5.60 Å². The molecule has 0 saturated heterocycles. The number of hydrogen-bond donors (Lipinski definition) is 0. The molecule has 0 N–H and O–H groups in total. The van der Waals surface area contributed by atoms with Gasteiger partial charge in [-0.25, -0.2) is 4.79 Å². The molecular formula is C15H21NO2. The van der Waals surface area contributed by atoms with Gasteiger partial charge >= 0.3 is 6.09 Å². The second-order valence-electron chi connectivity index (χ2n) is 5.17. The molecule has 0 aromatic heterocycles. The van der Waals surface area contributed by atoms with Crippen LogP contribution in [0.5, 0.6) is 0 Å². The SMILES string of the molecule is CN(C/C=C/c1ccccc1)C(=O)OC(C)(C)C. The van der Waals surface area contributed by atoms with Crippen LogP contribution in [0.25, 0.3) is 6.08 Å². The monoisotopic (exact) mass is 247 g/mol. The third-order valence-corrected chi connectivity index (χ3v) is 2.19. The molecule has 98 valence electrons. The molecule has 0 bridgehead atoms. The van der Waals surface area contributed by atoms with Crippen molar-refractivity contribution in [3.8, 4) is 0 Å². The van der Waals surface area contributed by atoms with Crippen LogP contribution in [0.1, 0.15) is 26.3 Å². The van der Waals surface area contributed by atoms with Gasteiger partial charge in [0.15, 0.2) is 0 Å². The highest BCUT2D eigenvalue weighted by Crippen LogP contribution is 2.09. The molecule has 1 amide bonds. The number of rotatable bonds is 3. The van der Waals surface area contributed by atoms with Crippen LogP contribution >= 0.6 is 0 Å². The number of amides is 1. The number of hydrogen-bond acceptors (Lipinski definition) is 2. The van der Waals surface area contributed by atoms with Gasteiger partial charge in [0.05, 0.1) is 0 Å². The summed E-state index contributed by atoms with van der Waals surface area (Å²) in [6, 6.07) is 9.98. The van der Waals surface area contributed by atoms with E-state index in [-0.39, 0.29) is 6.09 Å². The molecule has 0 aliphatic heterocycles. The molecule has 0 spiro atoms. The molecule has 18 heavy (non-hydrogen) atoms. The fourth-order valence-electron chi connectivity index (χ4n) is 1.33. The first-order chi connectivity index (χ1) is 8.38. The van der Waals surface area contributed by atoms with Crippen LogP contribution in [0, 0.1) is 0 Å². The van der Waals surface area contributed by atoms with Gasteiger partial charge in [-0.05, 0) is 26.3 Å². The second kappa shape index (κ2) is 6.24. The fourth-order valence-corrected chi connectivity index (χ4v) is 1.33. The first-order valence-corrected chi connectivity index (χ1v) is 6.04. The number of carbonyl (C=O) groups excluding carboxylic acids is 1. The molecule has 0 aliphatic rings. The Balaban J connectivity index is 2.44. The Kier molecular flexibility index (Phi) is 4.95. The van der Waals surface area contributed by atoms with E-state index in [1.54, 1.807) is 11.9 Å². The second-order valence-corrected chi connectivity index (χ2v) is 5.17. The molecule has 0 radical (unpaired) electrons. The molecule has 3 heteroatoms. The van der Waals surface area contributed by atoms with Gasteiger partial charge in [-0.15, -0.1) is 0 Å². The topological polar surface area (TPSA) is 29.5 Å². The summed E-state index contributed by atoms with van der Waals surface area (Å²) < 4.78 is 5.26. The van der Waals surface area contributed by atoms with E-state index in [0.717, 1.165) is 5.56 Å². The third-order valence-electron chi connectivity index (χ3n) is 2.19. The maximum absolute atomic E-state index is 11.7. The first-order valence-electron chi connectivity index (χ1n) is 6.04. The molecule has 0 fully saturated rings. The number of likely N-dealkylation sites (N-methyl/N-ethyl adjacent to an activating group) is 1. The minimum Gasteiger partial charge on any atom is -0.444 e. The van der Waals surface area contributed by atoms with E-state index in [1.165, 1.54) is 0 Å². The van der Waals surface area contributed by atoms with E-state index in [4.69, 9.17) is 4.74 Å². The fraction of sp³-hybridized carbons (Fsp3) is 0.400. The summed E-state index contributed by atoms with van der Waals surface area (Å²) in [6.07, 6.45) is 3.63. The van der Waals surface area contributed by atoms with E-state index in [2.05, 4.69) is 0 Å². The van der Waals surface area contributed by atoms with Crippen LogP contribution < -0.4 is 0 Å². The van der Waals surface area contributed by atoms with E-state index >= 15 is 0 Å². The summed E-state index contributed by atoms with van der Waals surface area (Å²) in [5.74, 6) is 0. The molecule has 0 saturated carbocycles. The smallest absolute Gasteiger partial charge is 0.410 e. The summed E-state index contributed by atoms with van der Waals surface area (Å²) in [5, 5.41) is 0. The van der Waals surface area contributed by atoms with Crippen molar-refractivity contribution in [2.45, 2.75) is 26.4 Å². The van der Waals surface area contributed by atoms with Crippen molar-refractivity contribution < 1.29 is 9.53 Å². The minimum absolute atomic E-state index is 0.305. The largest absolute Gasteiger partial charge is 0.444 e. The van der Waals surface area contributed by atoms with Crippen molar-refractivity contribution in [1.29, 1.82) is 0 Å². The van der Waals surface area contributed by atoms with Crippen molar-refractivity contribution in [2.24, 2.45) is 0 Å². The van der Waals surface area contributed by atoms with Gasteiger partial charge in [0.25, 0.3) is 0 Å². The van der Waals surface area contributed by atoms with Crippen molar-refractivity contribution in [3.63, 3.8) is 0 Å². The number of benzene rings is 1. The number of ether oxygens (including phenoxy) is 1. The Morgan fingerprint density at radius 3 is 2.44 bits per heavy atom. The Morgan fingerprint density at radius 1 is 1.28 bits per heavy atom. The lowest BCUT2D eigenvalue weighted by Crippen LogP contribution is -2.34. The molecule has 3 nitrogen and oxygen atoms in total. The minimum atomic E-state index is -0.450. The lowest BCUT2D eigenvalue weighted by molar-refractivity contribution is 0.0318. The maximum atomic E-state index is 11.7. The van der Waals surface area contributed by atoms with Gasteiger partial charge < -0.3 is 9.64 Å². The highest BCUT2D eigenvalue weighted by atomic mass is 16.6. The summed E-state index contributed by atoms with van der Waals surface area (Å²) >= 11 is 0. The molecular weight excluding hydrogens is 226 g/mol. The van der Waals surface area contributed by atoms with Crippen molar-refractivity contribution >= 4 is 12.2 Å². The zero-order valence-electron chi connectivity index (χ0n) is 11.5. The van der Waals surface area contributed by atoms with Crippen LogP contribution in [0.4, 0.5) is 4.79 Å². The summed E-state index contributed by atoms with van der Waals surface area (Å²) in [7, 11) is 1.73. The summed E-state index contributed by atoms with van der Waals surface area (Å²) in [4.78, 5) is 13.2. The van der Waals surface area contributed by atoms with Crippen LogP contribution in [0.2, 0.25) is 0 Å². The molecule has 0 aliphatic carbocycles. The molecule has 0 heterocycles. The number of carbonyl (C=O) groups is 1. The summed E-state index contributed by atoms with van der Waals surface area (Å²) in [6.45, 7) is 6.11. The van der Waals surface area contributed by atoms with Gasteiger partial charge in [0, 0.05) is 13.6 Å². The molecule has 1 rings (SSSR count). The van der Waals surface area contributed by atoms with Crippen molar-refractivity contribution in [1.82, 2.24) is 4.90 Å². The highest BCUT2D eigenvalue weighted by molar-refractivity contribution is 5.68. The van der Waals surface area contributed by atoms with Crippen LogP contribution in [-0.2, 0) is 4.74 Å². The van der Waals surface area contributed by atoms with Gasteiger partial charge in [0.2, 0.25) is 0 Å². The molecule has 1 aromatic carbocycles. The van der Waals surface area contributed by atoms with Gasteiger partial charge in [-0.2, -0.15) is 0 Å². The lowest BCUT2D eigenvalue weighted by Gasteiger charge is -2.23. The van der Waals surface area contributed by atoms with Gasteiger partial charge in [-0.1, -0.05) is 42.5 Å². The van der Waals surface area contributed by atoms with E-state index in [0.29, 0.717) is 6.54 Å². The Bertz CT molecular complexity index is 404. The maximum Gasteiger partial charge on any atom is 0.410 e. The molecule has 0 unspecified atom stereocenters. The predicted octanol–water partition coefficient (Wildman–Crippen LogP) is 3.57. The van der Waals surface area contributed by atoms with E-state index in [9.17, 15) is 4.79 Å². The predicted molar refractivity (Wildman–Crippen MR) is 74.3 cm³/mol. The standard InChI is InChI=1S/C15H21NO2/c1-15(2,3)18-14(17)16(4)12-8-11-13-9-6-5-7-10-13/h5-11H,12H2,1-4H3/b11-8+. The average Bonchev–Trinajstić information content (AvgIpc) is 2.28. The Labute approximate surface area is 109 Å². The number of nitrogens with zero attached hydrogens (tertiary/aromatic N) is 1. The van der Waals surface area contributed by atoms with Crippen LogP contribution in [0.3, 0.4) is 0 Å². The van der Waals surface area contributed by atoms with Gasteiger partial charge in [-0.3, -0.25) is 0 Å². The zero-order valence-corrected chi connectivity index (χ0v) is 11.5. The van der Waals surface area contributed by atoms with Crippen molar-refractivity contribution in [3.05, 3.63) is 42.0 Å². The zero-order chi connectivity index (χ0) is 13.6. The lowest BCUT2D eigenvalue weighted by atomic mass is 10.2. The Hall–Kier alpha value is -1.77. The van der Waals surface area contributed by atoms with Gasteiger partial charge in [0.1, 0.15) is 5.60 Å². The first kappa shape index (κ1) is 14.3. The van der Waals surface area contributed by atoms with Crippen molar-refractivity contribution in [2.75, 3.05) is 13.6 Å².